The predicted molar refractivity (Wildman–Crippen MR) is 166 cm³/mol. The molecule has 1 aliphatic heterocycles. The Morgan fingerprint density at radius 1 is 1.00 bits per heavy atom. The molecule has 272 valence electrons. The summed E-state index contributed by atoms with van der Waals surface area (Å²) in [5.41, 5.74) is 11.1. The Bertz CT molecular complexity index is 1720. The number of benzene rings is 2. The van der Waals surface area contributed by atoms with Gasteiger partial charge in [0.2, 0.25) is 5.78 Å². The van der Waals surface area contributed by atoms with Crippen LogP contribution >= 0.6 is 0 Å². The van der Waals surface area contributed by atoms with E-state index in [1.165, 1.54) is 25.3 Å². The van der Waals surface area contributed by atoms with Crippen molar-refractivity contribution in [2.45, 2.75) is 81.6 Å². The van der Waals surface area contributed by atoms with Gasteiger partial charge < -0.3 is 56.3 Å². The fraction of sp³-hybridized carbons (Fsp3) is 0.485. The number of fused-ring (bicyclic) bond motifs is 3. The third kappa shape index (κ3) is 6.34. The topological polar surface area (TPSA) is 282 Å². The van der Waals surface area contributed by atoms with Crippen LogP contribution in [0.1, 0.15) is 88.1 Å². The molecule has 17 heteroatoms. The molecule has 0 bridgehead atoms. The van der Waals surface area contributed by atoms with Crippen LogP contribution in [0.5, 0.6) is 17.2 Å². The summed E-state index contributed by atoms with van der Waals surface area (Å²) < 4.78 is 17.0. The fourth-order valence-corrected chi connectivity index (χ4v) is 6.78. The van der Waals surface area contributed by atoms with E-state index in [0.717, 1.165) is 0 Å². The number of phenols is 2. The van der Waals surface area contributed by atoms with Gasteiger partial charge in [-0.25, -0.2) is 0 Å². The molecule has 0 spiro atoms. The van der Waals surface area contributed by atoms with Crippen molar-refractivity contribution >= 4 is 29.3 Å². The summed E-state index contributed by atoms with van der Waals surface area (Å²) in [6.45, 7) is 0.580. The van der Waals surface area contributed by atoms with Crippen LogP contribution < -0.4 is 4.74 Å². The zero-order valence-corrected chi connectivity index (χ0v) is 29.1. The van der Waals surface area contributed by atoms with Crippen LogP contribution in [0, 0.1) is 5.41 Å². The summed E-state index contributed by atoms with van der Waals surface area (Å²) in [5, 5.41) is 60.5. The van der Waals surface area contributed by atoms with E-state index in [9.17, 15) is 44.4 Å². The van der Waals surface area contributed by atoms with Gasteiger partial charge >= 0.3 is 33.0 Å². The van der Waals surface area contributed by atoms with E-state index in [0.29, 0.717) is 6.42 Å². The molecular formula is C33H36N2O14Pt. The number of aromatic hydroxyl groups is 2. The van der Waals surface area contributed by atoms with Crippen molar-refractivity contribution < 1.29 is 89.9 Å². The number of carboxylic acid groups (broad SMARTS) is 2. The summed E-state index contributed by atoms with van der Waals surface area (Å²) in [7, 11) is 1.32. The van der Waals surface area contributed by atoms with Crippen LogP contribution in [-0.2, 0) is 51.3 Å². The zero-order chi connectivity index (χ0) is 36.2. The largest absolute Gasteiger partial charge is 2.00 e. The maximum absolute atomic E-state index is 13.6. The van der Waals surface area contributed by atoms with Gasteiger partial charge in [-0.3, -0.25) is 24.0 Å². The standard InChI is InChI=1S/C27H28N2O10.C6H8O4.Pt/c1-10-22(29)13(28)6-17(38-10)39-15-8-27(36,16(31)9-30)7-12-19(15)26(35)21-20(24(12)33)23(32)11-4-3-5-14(37-2)18(11)25(21)34;7-4(8)6(5(9)10)2-1-3-6;/h3-5,10,13,15,17,22,28-30,33,35-36H,6-9H2,1-2H3;1-3H2,(H,7,8)(H,9,10);/q-2;;+2/t10?,13-,15?,17-,22-,27-;;/m0../s1. The molecule has 6 rings (SSSR count). The van der Waals surface area contributed by atoms with Gasteiger partial charge in [-0.1, -0.05) is 12.1 Å². The number of phenolic OH excluding ortho intramolecular Hbond substituents is 2. The number of ether oxygens (including phenoxy) is 3. The van der Waals surface area contributed by atoms with E-state index in [2.05, 4.69) is 0 Å². The molecule has 4 aliphatic rings. The molecule has 0 amide bonds. The van der Waals surface area contributed by atoms with Gasteiger partial charge in [0.05, 0.1) is 29.9 Å². The zero-order valence-electron chi connectivity index (χ0n) is 26.8. The van der Waals surface area contributed by atoms with Gasteiger partial charge in [-0.15, -0.1) is 12.1 Å². The summed E-state index contributed by atoms with van der Waals surface area (Å²) in [6, 6.07) is 2.66. The first-order valence-corrected chi connectivity index (χ1v) is 15.5. The van der Waals surface area contributed by atoms with Crippen molar-refractivity contribution in [3.05, 3.63) is 63.0 Å². The molecule has 2 aromatic carbocycles. The summed E-state index contributed by atoms with van der Waals surface area (Å²) in [6.07, 6.45) is -2.93. The number of carboxylic acids is 2. The average molecular weight is 880 g/mol. The molecule has 3 aliphatic carbocycles. The van der Waals surface area contributed by atoms with Crippen molar-refractivity contribution in [1.29, 1.82) is 0 Å². The molecule has 6 atom stereocenters. The minimum Gasteiger partial charge on any atom is -0.676 e. The van der Waals surface area contributed by atoms with Crippen molar-refractivity contribution in [1.82, 2.24) is 0 Å². The molecule has 50 heavy (non-hydrogen) atoms. The number of rotatable bonds is 7. The monoisotopic (exact) mass is 879 g/mol. The van der Waals surface area contributed by atoms with Crippen molar-refractivity contribution in [2.75, 3.05) is 13.7 Å². The Kier molecular flexibility index (Phi) is 11.3. The normalized spacial score (nSPS) is 27.5. The molecule has 16 nitrogen and oxygen atoms in total. The fourth-order valence-electron chi connectivity index (χ4n) is 6.78. The minimum absolute atomic E-state index is 0. The van der Waals surface area contributed by atoms with E-state index < -0.39 is 113 Å². The smallest absolute Gasteiger partial charge is 0.676 e. The quantitative estimate of drug-likeness (QED) is 0.147. The molecule has 1 heterocycles. The molecule has 1 saturated carbocycles. The predicted octanol–water partition coefficient (Wildman–Crippen LogP) is 2.48. The second-order valence-electron chi connectivity index (χ2n) is 12.7. The van der Waals surface area contributed by atoms with Crippen LogP contribution in [0.25, 0.3) is 11.5 Å². The third-order valence-electron chi connectivity index (χ3n) is 9.83. The van der Waals surface area contributed by atoms with Gasteiger partial charge in [0.25, 0.3) is 0 Å². The Hall–Kier alpha value is -3.76. The number of Topliss-reactive ketones (excluding diaryl/α,β-unsaturated/α-hetero) is 1. The number of hydrogen-bond donors (Lipinski definition) is 6. The Labute approximate surface area is 299 Å². The number of aliphatic hydroxyl groups is 2. The maximum Gasteiger partial charge on any atom is 2.00 e. The average Bonchev–Trinajstić information content (AvgIpc) is 3.02. The molecular weight excluding hydrogens is 843 g/mol. The Morgan fingerprint density at radius 3 is 2.12 bits per heavy atom. The summed E-state index contributed by atoms with van der Waals surface area (Å²) in [4.78, 5) is 60.5. The van der Waals surface area contributed by atoms with Crippen LogP contribution in [0.3, 0.4) is 0 Å². The van der Waals surface area contributed by atoms with Gasteiger partial charge in [0.1, 0.15) is 29.5 Å². The summed E-state index contributed by atoms with van der Waals surface area (Å²) in [5.74, 6) is -6.19. The number of carbonyl (C=O) groups excluding carboxylic acids is 3. The number of aliphatic carboxylic acids is 2. The number of ketones is 3. The van der Waals surface area contributed by atoms with Crippen molar-refractivity contribution in [2.24, 2.45) is 5.41 Å². The molecule has 8 N–H and O–H groups in total. The van der Waals surface area contributed by atoms with Gasteiger partial charge in [-0.05, 0) is 38.7 Å². The van der Waals surface area contributed by atoms with Crippen molar-refractivity contribution in [3.63, 3.8) is 0 Å². The van der Waals surface area contributed by atoms with Crippen LogP contribution in [0.2, 0.25) is 0 Å². The molecule has 1 saturated heterocycles. The van der Waals surface area contributed by atoms with Crippen molar-refractivity contribution in [3.8, 4) is 17.2 Å². The van der Waals surface area contributed by atoms with E-state index in [4.69, 9.17) is 35.9 Å². The maximum atomic E-state index is 13.6. The Balaban J connectivity index is 0.000000441. The summed E-state index contributed by atoms with van der Waals surface area (Å²) >= 11 is 0. The van der Waals surface area contributed by atoms with E-state index in [1.54, 1.807) is 6.92 Å². The number of hydrogen-bond acceptors (Lipinski definition) is 12. The van der Waals surface area contributed by atoms with E-state index in [-0.39, 0.29) is 68.3 Å². The van der Waals surface area contributed by atoms with Gasteiger partial charge in [0, 0.05) is 35.6 Å². The number of carbonyl (C=O) groups is 5. The third-order valence-corrected chi connectivity index (χ3v) is 9.83. The molecule has 0 radical (unpaired) electrons. The molecule has 2 unspecified atom stereocenters. The number of methoxy groups -OCH3 is 1. The van der Waals surface area contributed by atoms with E-state index >= 15 is 0 Å². The molecule has 2 aromatic rings. The first-order valence-electron chi connectivity index (χ1n) is 15.5. The van der Waals surface area contributed by atoms with Gasteiger partial charge in [-0.2, -0.15) is 0 Å². The first-order chi connectivity index (χ1) is 23.0. The Morgan fingerprint density at radius 2 is 1.62 bits per heavy atom. The molecule has 0 aromatic heterocycles. The van der Waals surface area contributed by atoms with E-state index in [1.807, 2.05) is 0 Å². The number of aliphatic hydroxyl groups excluding tert-OH is 1. The second-order valence-corrected chi connectivity index (χ2v) is 12.7. The SMILES string of the molecule is COc1cccc2c1C(=O)c1c(O)c3c(c(O)c1C2=O)C[C@@](O)(C(=O)CO)CC3O[C@H]1C[C@H]([NH-])[C@@H]([NH-])C(C)O1.O=C(O)C1(C(=O)O)CCC1.[Pt+2]. The minimum atomic E-state index is -2.24. The second kappa shape index (κ2) is 14.5. The number of nitrogens with one attached hydrogen (secondary N) is 2. The van der Waals surface area contributed by atoms with Crippen LogP contribution in [0.15, 0.2) is 18.2 Å². The first kappa shape index (κ1) is 39.0. The molecule has 2 fully saturated rings. The van der Waals surface area contributed by atoms with Gasteiger partial charge in [0.15, 0.2) is 23.3 Å². The van der Waals surface area contributed by atoms with Crippen LogP contribution in [0.4, 0.5) is 0 Å². The van der Waals surface area contributed by atoms with Crippen LogP contribution in [-0.4, -0.2) is 104 Å².